The summed E-state index contributed by atoms with van der Waals surface area (Å²) in [5.41, 5.74) is 6.81. The van der Waals surface area contributed by atoms with Gasteiger partial charge in [-0.15, -0.1) is 0 Å². The lowest BCUT2D eigenvalue weighted by Crippen LogP contribution is -2.35. The highest BCUT2D eigenvalue weighted by molar-refractivity contribution is 5.84. The zero-order valence-electron chi connectivity index (χ0n) is 13.7. The van der Waals surface area contributed by atoms with Crippen molar-refractivity contribution in [2.75, 3.05) is 30.3 Å². The maximum absolute atomic E-state index is 10.5. The Kier molecular flexibility index (Phi) is 4.20. The van der Waals surface area contributed by atoms with Gasteiger partial charge in [-0.2, -0.15) is 0 Å². The number of aromatic nitrogens is 4. The highest BCUT2D eigenvalue weighted by Gasteiger charge is 2.45. The van der Waals surface area contributed by atoms with Crippen molar-refractivity contribution in [1.82, 2.24) is 19.5 Å². The Morgan fingerprint density at radius 3 is 2.60 bits per heavy atom. The van der Waals surface area contributed by atoms with Crippen LogP contribution in [-0.2, 0) is 4.74 Å². The van der Waals surface area contributed by atoms with Crippen molar-refractivity contribution in [1.29, 1.82) is 0 Å². The maximum atomic E-state index is 10.5. The molecule has 10 heteroatoms. The predicted octanol–water partition coefficient (Wildman–Crippen LogP) is -0.990. The second-order valence-corrected chi connectivity index (χ2v) is 6.49. The van der Waals surface area contributed by atoms with Crippen molar-refractivity contribution >= 4 is 22.9 Å². The number of rotatable bonds is 3. The number of nitrogens with two attached hydrogens (primary N) is 1. The second-order valence-electron chi connectivity index (χ2n) is 6.49. The van der Waals surface area contributed by atoms with Crippen molar-refractivity contribution in [3.63, 3.8) is 0 Å². The summed E-state index contributed by atoms with van der Waals surface area (Å²) < 4.78 is 7.36. The zero-order chi connectivity index (χ0) is 17.6. The summed E-state index contributed by atoms with van der Waals surface area (Å²) in [5, 5.41) is 29.9. The summed E-state index contributed by atoms with van der Waals surface area (Å²) in [6, 6.07) is 0. The third kappa shape index (κ3) is 2.61. The van der Waals surface area contributed by atoms with Crippen LogP contribution in [0.4, 0.5) is 11.8 Å². The number of imidazole rings is 1. The first-order valence-electron chi connectivity index (χ1n) is 8.47. The number of hydrogen-bond donors (Lipinski definition) is 4. The van der Waals surface area contributed by atoms with Crippen LogP contribution in [0.3, 0.4) is 0 Å². The molecule has 0 aromatic carbocycles. The molecule has 4 rings (SSSR count). The zero-order valence-corrected chi connectivity index (χ0v) is 13.7. The third-order valence-electron chi connectivity index (χ3n) is 4.90. The van der Waals surface area contributed by atoms with E-state index in [0.717, 1.165) is 32.4 Å². The van der Waals surface area contributed by atoms with Crippen LogP contribution < -0.4 is 10.6 Å². The quantitative estimate of drug-likeness (QED) is 0.548. The molecule has 0 unspecified atom stereocenters. The molecule has 0 amide bonds. The number of ether oxygens (including phenoxy) is 1. The van der Waals surface area contributed by atoms with Gasteiger partial charge in [-0.3, -0.25) is 4.57 Å². The number of nitrogen functional groups attached to an aromatic ring is 1. The van der Waals surface area contributed by atoms with Gasteiger partial charge in [0.1, 0.15) is 24.6 Å². The van der Waals surface area contributed by atoms with E-state index in [1.54, 1.807) is 4.57 Å². The van der Waals surface area contributed by atoms with Crippen molar-refractivity contribution in [2.24, 2.45) is 0 Å². The van der Waals surface area contributed by atoms with Gasteiger partial charge in [-0.25, -0.2) is 15.0 Å². The topological polar surface area (TPSA) is 143 Å². The van der Waals surface area contributed by atoms with Crippen LogP contribution in [0, 0.1) is 0 Å². The first kappa shape index (κ1) is 16.5. The van der Waals surface area contributed by atoms with E-state index in [1.807, 2.05) is 0 Å². The molecule has 2 aromatic heterocycles. The van der Waals surface area contributed by atoms with Gasteiger partial charge in [-0.1, -0.05) is 0 Å². The predicted molar refractivity (Wildman–Crippen MR) is 88.8 cm³/mol. The van der Waals surface area contributed by atoms with E-state index in [2.05, 4.69) is 19.9 Å². The monoisotopic (exact) mass is 350 g/mol. The van der Waals surface area contributed by atoms with Crippen LogP contribution in [0.5, 0.6) is 0 Å². The molecule has 2 aromatic rings. The number of fused-ring (bicyclic) bond motifs is 1. The van der Waals surface area contributed by atoms with E-state index in [0.29, 0.717) is 17.1 Å². The third-order valence-corrected chi connectivity index (χ3v) is 4.90. The van der Waals surface area contributed by atoms with E-state index in [1.165, 1.54) is 6.33 Å². The average Bonchev–Trinajstić information content (AvgIpc) is 3.15. The van der Waals surface area contributed by atoms with E-state index in [-0.39, 0.29) is 5.82 Å². The van der Waals surface area contributed by atoms with E-state index < -0.39 is 31.1 Å². The number of nitrogens with zero attached hydrogens (tertiary/aromatic N) is 5. The van der Waals surface area contributed by atoms with Crippen molar-refractivity contribution in [2.45, 2.75) is 43.8 Å². The fourth-order valence-corrected chi connectivity index (χ4v) is 3.56. The molecule has 2 aliphatic heterocycles. The standard InChI is InChI=1S/C15H22N6O4/c16-12-9-13(18-7-17-12)21(14-11(24)10(23)8(6-22)25-14)15(19-9)20-4-2-1-3-5-20/h7-8,10-11,14,22-24H,1-6H2,(H2,16,17,18)/t8-,10+,11+,14+/m0/s1. The van der Waals surface area contributed by atoms with E-state index >= 15 is 0 Å². The van der Waals surface area contributed by atoms with Crippen molar-refractivity contribution in [3.05, 3.63) is 6.33 Å². The van der Waals surface area contributed by atoms with Gasteiger partial charge in [-0.05, 0) is 19.3 Å². The number of aliphatic hydroxyl groups is 3. The molecular weight excluding hydrogens is 328 g/mol. The molecular formula is C15H22N6O4. The molecule has 0 radical (unpaired) electrons. The average molecular weight is 350 g/mol. The molecule has 0 bridgehead atoms. The Balaban J connectivity index is 1.84. The molecule has 2 aliphatic rings. The Bertz CT molecular complexity index is 762. The highest BCUT2D eigenvalue weighted by Crippen LogP contribution is 2.36. The smallest absolute Gasteiger partial charge is 0.210 e. The molecule has 25 heavy (non-hydrogen) atoms. The molecule has 4 atom stereocenters. The molecule has 2 saturated heterocycles. The van der Waals surface area contributed by atoms with Crippen LogP contribution in [0.2, 0.25) is 0 Å². The normalized spacial score (nSPS) is 30.3. The van der Waals surface area contributed by atoms with Crippen LogP contribution >= 0.6 is 0 Å². The lowest BCUT2D eigenvalue weighted by molar-refractivity contribution is -0.0504. The molecule has 2 fully saturated rings. The molecule has 4 heterocycles. The van der Waals surface area contributed by atoms with E-state index in [4.69, 9.17) is 10.5 Å². The van der Waals surface area contributed by atoms with Crippen LogP contribution in [0.15, 0.2) is 6.33 Å². The van der Waals surface area contributed by atoms with Crippen molar-refractivity contribution < 1.29 is 20.1 Å². The summed E-state index contributed by atoms with van der Waals surface area (Å²) in [6.07, 6.45) is 0.383. The summed E-state index contributed by atoms with van der Waals surface area (Å²) in [5.74, 6) is 0.825. The summed E-state index contributed by atoms with van der Waals surface area (Å²) in [4.78, 5) is 14.9. The number of anilines is 2. The minimum Gasteiger partial charge on any atom is -0.394 e. The second kappa shape index (κ2) is 6.37. The molecule has 10 nitrogen and oxygen atoms in total. The van der Waals surface area contributed by atoms with Gasteiger partial charge in [0.25, 0.3) is 0 Å². The first-order chi connectivity index (χ1) is 12.1. The van der Waals surface area contributed by atoms with E-state index in [9.17, 15) is 15.3 Å². The molecule has 0 saturated carbocycles. The minimum absolute atomic E-state index is 0.244. The molecule has 5 N–H and O–H groups in total. The minimum atomic E-state index is -1.21. The largest absolute Gasteiger partial charge is 0.394 e. The fraction of sp³-hybridized carbons (Fsp3) is 0.667. The first-order valence-corrected chi connectivity index (χ1v) is 8.47. The highest BCUT2D eigenvalue weighted by atomic mass is 16.6. The van der Waals surface area contributed by atoms with Gasteiger partial charge in [0.05, 0.1) is 6.61 Å². The molecule has 136 valence electrons. The SMILES string of the molecule is Nc1ncnc2c1nc(N1CCCCC1)n2[C@@H]1O[C@@H](CO)[C@@H](O)[C@H]1O. The Hall–Kier alpha value is -2.01. The van der Waals surface area contributed by atoms with Crippen LogP contribution in [0.1, 0.15) is 25.5 Å². The van der Waals surface area contributed by atoms with Gasteiger partial charge in [0, 0.05) is 13.1 Å². The number of piperidine rings is 1. The summed E-state index contributed by atoms with van der Waals surface area (Å²) >= 11 is 0. The van der Waals surface area contributed by atoms with Crippen LogP contribution in [-0.4, -0.2) is 72.8 Å². The van der Waals surface area contributed by atoms with Gasteiger partial charge in [0.2, 0.25) is 5.95 Å². The molecule has 0 aliphatic carbocycles. The Morgan fingerprint density at radius 2 is 1.92 bits per heavy atom. The Labute approximate surface area is 143 Å². The lowest BCUT2D eigenvalue weighted by Gasteiger charge is -2.30. The van der Waals surface area contributed by atoms with Gasteiger partial charge in [0.15, 0.2) is 23.2 Å². The van der Waals surface area contributed by atoms with Crippen LogP contribution in [0.25, 0.3) is 11.2 Å². The van der Waals surface area contributed by atoms with Gasteiger partial charge >= 0.3 is 0 Å². The Morgan fingerprint density at radius 1 is 1.16 bits per heavy atom. The van der Waals surface area contributed by atoms with Crippen molar-refractivity contribution in [3.8, 4) is 0 Å². The van der Waals surface area contributed by atoms with Gasteiger partial charge < -0.3 is 30.7 Å². The number of hydrogen-bond acceptors (Lipinski definition) is 9. The summed E-state index contributed by atoms with van der Waals surface area (Å²) in [6.45, 7) is 1.26. The lowest BCUT2D eigenvalue weighted by atomic mass is 10.1. The maximum Gasteiger partial charge on any atom is 0.210 e. The number of aliphatic hydroxyl groups excluding tert-OH is 3. The molecule has 0 spiro atoms. The summed E-state index contributed by atoms with van der Waals surface area (Å²) in [7, 11) is 0. The fourth-order valence-electron chi connectivity index (χ4n) is 3.56.